The molecular formula is C9H9N3O2. The third-order valence-corrected chi connectivity index (χ3v) is 1.86. The molecule has 0 aromatic carbocycles. The number of nitrogens with zero attached hydrogens (tertiary/aromatic N) is 1. The van der Waals surface area contributed by atoms with Crippen molar-refractivity contribution in [2.45, 2.75) is 6.92 Å². The quantitative estimate of drug-likeness (QED) is 0.756. The van der Waals surface area contributed by atoms with Crippen LogP contribution in [0.2, 0.25) is 0 Å². The number of aromatic nitrogens is 2. The molecular weight excluding hydrogens is 182 g/mol. The molecule has 5 heteroatoms. The maximum absolute atomic E-state index is 11.6. The van der Waals surface area contributed by atoms with Gasteiger partial charge < -0.3 is 9.73 Å². The fourth-order valence-electron chi connectivity index (χ4n) is 1.14. The summed E-state index contributed by atoms with van der Waals surface area (Å²) in [5.74, 6) is 0.406. The van der Waals surface area contributed by atoms with E-state index < -0.39 is 0 Å². The van der Waals surface area contributed by atoms with Crippen LogP contribution >= 0.6 is 0 Å². The SMILES string of the molecule is Cc1occc1C(=O)Nc1cn[nH]c1. The number of rotatable bonds is 2. The lowest BCUT2D eigenvalue weighted by Crippen LogP contribution is -2.11. The fourth-order valence-corrected chi connectivity index (χ4v) is 1.14. The van der Waals surface area contributed by atoms with E-state index >= 15 is 0 Å². The van der Waals surface area contributed by atoms with Crippen molar-refractivity contribution in [1.82, 2.24) is 10.2 Å². The minimum absolute atomic E-state index is 0.197. The first-order valence-electron chi connectivity index (χ1n) is 4.11. The van der Waals surface area contributed by atoms with E-state index in [1.54, 1.807) is 19.2 Å². The van der Waals surface area contributed by atoms with E-state index in [9.17, 15) is 4.79 Å². The van der Waals surface area contributed by atoms with E-state index in [1.807, 2.05) is 0 Å². The summed E-state index contributed by atoms with van der Waals surface area (Å²) >= 11 is 0. The minimum atomic E-state index is -0.197. The van der Waals surface area contributed by atoms with Crippen LogP contribution in [0.3, 0.4) is 0 Å². The van der Waals surface area contributed by atoms with Crippen LogP contribution < -0.4 is 5.32 Å². The summed E-state index contributed by atoms with van der Waals surface area (Å²) in [6.07, 6.45) is 4.63. The van der Waals surface area contributed by atoms with Gasteiger partial charge in [-0.25, -0.2) is 0 Å². The number of hydrogen-bond donors (Lipinski definition) is 2. The van der Waals surface area contributed by atoms with Crippen LogP contribution in [0, 0.1) is 6.92 Å². The van der Waals surface area contributed by atoms with Crippen LogP contribution in [-0.2, 0) is 0 Å². The number of aromatic amines is 1. The number of nitrogens with one attached hydrogen (secondary N) is 2. The van der Waals surface area contributed by atoms with Crippen molar-refractivity contribution < 1.29 is 9.21 Å². The smallest absolute Gasteiger partial charge is 0.259 e. The Labute approximate surface area is 80.1 Å². The number of furan rings is 1. The largest absolute Gasteiger partial charge is 0.469 e. The molecule has 72 valence electrons. The number of carbonyl (C=O) groups is 1. The van der Waals surface area contributed by atoms with Gasteiger partial charge in [-0.05, 0) is 13.0 Å². The molecule has 0 radical (unpaired) electrons. The van der Waals surface area contributed by atoms with Gasteiger partial charge in [0.2, 0.25) is 0 Å². The van der Waals surface area contributed by atoms with E-state index in [4.69, 9.17) is 4.42 Å². The van der Waals surface area contributed by atoms with E-state index in [0.717, 1.165) is 0 Å². The maximum atomic E-state index is 11.6. The number of aryl methyl sites for hydroxylation is 1. The molecule has 2 N–H and O–H groups in total. The standard InChI is InChI=1S/C9H9N3O2/c1-6-8(2-3-14-6)9(13)12-7-4-10-11-5-7/h2-5H,1H3,(H,10,11)(H,12,13). The highest BCUT2D eigenvalue weighted by molar-refractivity contribution is 6.04. The molecule has 0 aliphatic carbocycles. The van der Waals surface area contributed by atoms with Gasteiger partial charge in [-0.1, -0.05) is 0 Å². The highest BCUT2D eigenvalue weighted by atomic mass is 16.3. The highest BCUT2D eigenvalue weighted by Gasteiger charge is 2.11. The van der Waals surface area contributed by atoms with Crippen molar-refractivity contribution in [3.8, 4) is 0 Å². The van der Waals surface area contributed by atoms with Crippen LogP contribution in [-0.4, -0.2) is 16.1 Å². The molecule has 1 amide bonds. The molecule has 2 rings (SSSR count). The molecule has 14 heavy (non-hydrogen) atoms. The Balaban J connectivity index is 2.14. The molecule has 0 aliphatic heterocycles. The molecule has 2 aromatic rings. The molecule has 0 fully saturated rings. The molecule has 0 atom stereocenters. The third-order valence-electron chi connectivity index (χ3n) is 1.86. The normalized spacial score (nSPS) is 10.1. The van der Waals surface area contributed by atoms with Crippen LogP contribution in [0.1, 0.15) is 16.1 Å². The van der Waals surface area contributed by atoms with Gasteiger partial charge in [0.1, 0.15) is 5.76 Å². The number of H-pyrrole nitrogens is 1. The predicted molar refractivity (Wildman–Crippen MR) is 50.0 cm³/mol. The molecule has 0 aliphatic rings. The van der Waals surface area contributed by atoms with Crippen molar-refractivity contribution >= 4 is 11.6 Å². The summed E-state index contributed by atoms with van der Waals surface area (Å²) in [6, 6.07) is 1.63. The third kappa shape index (κ3) is 1.52. The lowest BCUT2D eigenvalue weighted by molar-refractivity contribution is 0.102. The Kier molecular flexibility index (Phi) is 2.06. The van der Waals surface area contributed by atoms with Crippen LogP contribution in [0.15, 0.2) is 29.1 Å². The lowest BCUT2D eigenvalue weighted by Gasteiger charge is -1.99. The topological polar surface area (TPSA) is 70.9 Å². The first-order valence-corrected chi connectivity index (χ1v) is 4.11. The second kappa shape index (κ2) is 3.37. The number of carbonyl (C=O) groups excluding carboxylic acids is 1. The highest BCUT2D eigenvalue weighted by Crippen LogP contribution is 2.11. The first-order chi connectivity index (χ1) is 6.77. The van der Waals surface area contributed by atoms with Crippen molar-refractivity contribution in [2.75, 3.05) is 5.32 Å². The second-order valence-electron chi connectivity index (χ2n) is 2.83. The van der Waals surface area contributed by atoms with E-state index in [0.29, 0.717) is 17.0 Å². The van der Waals surface area contributed by atoms with Crippen molar-refractivity contribution in [2.24, 2.45) is 0 Å². The predicted octanol–water partition coefficient (Wildman–Crippen LogP) is 1.56. The van der Waals surface area contributed by atoms with Crippen LogP contribution in [0.25, 0.3) is 0 Å². The van der Waals surface area contributed by atoms with Crippen molar-refractivity contribution in [3.05, 3.63) is 36.0 Å². The van der Waals surface area contributed by atoms with Gasteiger partial charge in [-0.3, -0.25) is 9.89 Å². The summed E-state index contributed by atoms with van der Waals surface area (Å²) in [5, 5.41) is 9.00. The fraction of sp³-hybridized carbons (Fsp3) is 0.111. The Morgan fingerprint density at radius 3 is 3.07 bits per heavy atom. The minimum Gasteiger partial charge on any atom is -0.469 e. The number of anilines is 1. The van der Waals surface area contributed by atoms with Gasteiger partial charge in [-0.2, -0.15) is 5.10 Å². The lowest BCUT2D eigenvalue weighted by atomic mass is 10.2. The summed E-state index contributed by atoms with van der Waals surface area (Å²) in [5.41, 5.74) is 1.17. The first kappa shape index (κ1) is 8.55. The van der Waals surface area contributed by atoms with Gasteiger partial charge in [0.05, 0.1) is 23.7 Å². The molecule has 2 aromatic heterocycles. The van der Waals surface area contributed by atoms with E-state index in [1.165, 1.54) is 12.5 Å². The molecule has 2 heterocycles. The van der Waals surface area contributed by atoms with Gasteiger partial charge in [0.15, 0.2) is 0 Å². The molecule has 0 unspecified atom stereocenters. The zero-order valence-corrected chi connectivity index (χ0v) is 7.57. The van der Waals surface area contributed by atoms with Gasteiger partial charge in [0, 0.05) is 6.20 Å². The maximum Gasteiger partial charge on any atom is 0.259 e. The Bertz CT molecular complexity index is 431. The second-order valence-corrected chi connectivity index (χ2v) is 2.83. The zero-order valence-electron chi connectivity index (χ0n) is 7.57. The summed E-state index contributed by atoms with van der Waals surface area (Å²) in [6.45, 7) is 1.74. The van der Waals surface area contributed by atoms with Gasteiger partial charge in [-0.15, -0.1) is 0 Å². The summed E-state index contributed by atoms with van der Waals surface area (Å²) in [7, 11) is 0. The zero-order chi connectivity index (χ0) is 9.97. The van der Waals surface area contributed by atoms with Crippen molar-refractivity contribution in [1.29, 1.82) is 0 Å². The van der Waals surface area contributed by atoms with Gasteiger partial charge in [0.25, 0.3) is 5.91 Å². The molecule has 5 nitrogen and oxygen atoms in total. The Morgan fingerprint density at radius 1 is 1.64 bits per heavy atom. The average molecular weight is 191 g/mol. The monoisotopic (exact) mass is 191 g/mol. The molecule has 0 saturated heterocycles. The number of hydrogen-bond acceptors (Lipinski definition) is 3. The van der Waals surface area contributed by atoms with Crippen LogP contribution in [0.5, 0.6) is 0 Å². The van der Waals surface area contributed by atoms with Gasteiger partial charge >= 0.3 is 0 Å². The molecule has 0 saturated carbocycles. The van der Waals surface area contributed by atoms with Crippen LogP contribution in [0.4, 0.5) is 5.69 Å². The Morgan fingerprint density at radius 2 is 2.50 bits per heavy atom. The summed E-state index contributed by atoms with van der Waals surface area (Å²) in [4.78, 5) is 11.6. The molecule has 0 spiro atoms. The Hall–Kier alpha value is -2.04. The molecule has 0 bridgehead atoms. The number of amides is 1. The summed E-state index contributed by atoms with van der Waals surface area (Å²) < 4.78 is 5.02. The van der Waals surface area contributed by atoms with E-state index in [2.05, 4.69) is 15.5 Å². The average Bonchev–Trinajstić information content (AvgIpc) is 2.75. The van der Waals surface area contributed by atoms with Crippen molar-refractivity contribution in [3.63, 3.8) is 0 Å². The van der Waals surface area contributed by atoms with E-state index in [-0.39, 0.29) is 5.91 Å².